The summed E-state index contributed by atoms with van der Waals surface area (Å²) in [5.41, 5.74) is 0.786. The molecule has 2 N–H and O–H groups in total. The highest BCUT2D eigenvalue weighted by Gasteiger charge is 2.30. The molecule has 0 atom stereocenters. The van der Waals surface area contributed by atoms with Crippen LogP contribution < -0.4 is 10.1 Å². The zero-order chi connectivity index (χ0) is 18.0. The van der Waals surface area contributed by atoms with Gasteiger partial charge < -0.3 is 15.2 Å². The van der Waals surface area contributed by atoms with Gasteiger partial charge in [0.1, 0.15) is 5.75 Å². The van der Waals surface area contributed by atoms with Gasteiger partial charge in [0.15, 0.2) is 11.5 Å². The standard InChI is InChI=1S/C20H25NO4/c1-20(2)21-16(12-17(22)13-7-5-3-4-6-8-13)15-11-14(19(23)24)9-10-18(15)25-20/h9-13,21H,3-8H2,1-2H3,(H,23,24)/b16-12+. The lowest BCUT2D eigenvalue weighted by Gasteiger charge is -2.36. The summed E-state index contributed by atoms with van der Waals surface area (Å²) in [5.74, 6) is -0.224. The van der Waals surface area contributed by atoms with Crippen molar-refractivity contribution in [3.8, 4) is 5.75 Å². The first-order chi connectivity index (χ1) is 11.9. The molecule has 1 aliphatic carbocycles. The molecule has 25 heavy (non-hydrogen) atoms. The van der Waals surface area contributed by atoms with Crippen molar-refractivity contribution in [3.05, 3.63) is 35.4 Å². The van der Waals surface area contributed by atoms with E-state index in [1.54, 1.807) is 18.2 Å². The molecule has 134 valence electrons. The summed E-state index contributed by atoms with van der Waals surface area (Å²) in [6.45, 7) is 3.76. The minimum Gasteiger partial charge on any atom is -0.478 e. The molecule has 0 saturated heterocycles. The Morgan fingerprint density at radius 1 is 1.20 bits per heavy atom. The van der Waals surface area contributed by atoms with Crippen LogP contribution in [0.3, 0.4) is 0 Å². The fourth-order valence-electron chi connectivity index (χ4n) is 3.59. The van der Waals surface area contributed by atoms with Crippen molar-refractivity contribution in [2.24, 2.45) is 5.92 Å². The van der Waals surface area contributed by atoms with E-state index >= 15 is 0 Å². The van der Waals surface area contributed by atoms with E-state index in [0.717, 1.165) is 25.7 Å². The molecule has 0 amide bonds. The number of fused-ring (bicyclic) bond motifs is 1. The average molecular weight is 343 g/mol. The van der Waals surface area contributed by atoms with Crippen LogP contribution in [0.5, 0.6) is 5.75 Å². The van der Waals surface area contributed by atoms with Gasteiger partial charge in [0.2, 0.25) is 0 Å². The fourth-order valence-corrected chi connectivity index (χ4v) is 3.59. The number of aromatic carboxylic acids is 1. The van der Waals surface area contributed by atoms with Gasteiger partial charge in [0, 0.05) is 17.6 Å². The Kier molecular flexibility index (Phi) is 4.84. The Hall–Kier alpha value is -2.30. The van der Waals surface area contributed by atoms with Crippen molar-refractivity contribution in [1.29, 1.82) is 0 Å². The van der Waals surface area contributed by atoms with E-state index in [4.69, 9.17) is 4.74 Å². The molecule has 1 heterocycles. The summed E-state index contributed by atoms with van der Waals surface area (Å²) < 4.78 is 5.88. The molecular weight excluding hydrogens is 318 g/mol. The number of ether oxygens (including phenoxy) is 1. The van der Waals surface area contributed by atoms with Crippen LogP contribution in [-0.4, -0.2) is 22.6 Å². The maximum Gasteiger partial charge on any atom is 0.335 e. The average Bonchev–Trinajstić information content (AvgIpc) is 2.82. The summed E-state index contributed by atoms with van der Waals surface area (Å²) in [7, 11) is 0. The van der Waals surface area contributed by atoms with Gasteiger partial charge in [-0.05, 0) is 44.9 Å². The molecule has 2 aliphatic rings. The quantitative estimate of drug-likeness (QED) is 0.641. The van der Waals surface area contributed by atoms with E-state index in [0.29, 0.717) is 17.0 Å². The van der Waals surface area contributed by atoms with Gasteiger partial charge in [-0.1, -0.05) is 25.7 Å². The zero-order valence-electron chi connectivity index (χ0n) is 14.8. The highest BCUT2D eigenvalue weighted by molar-refractivity contribution is 5.99. The van der Waals surface area contributed by atoms with Crippen molar-refractivity contribution in [1.82, 2.24) is 5.32 Å². The second-order valence-corrected chi connectivity index (χ2v) is 7.40. The normalized spacial score (nSPS) is 21.6. The van der Waals surface area contributed by atoms with E-state index in [-0.39, 0.29) is 17.3 Å². The summed E-state index contributed by atoms with van der Waals surface area (Å²) in [6.07, 6.45) is 8.11. The van der Waals surface area contributed by atoms with E-state index < -0.39 is 11.7 Å². The van der Waals surface area contributed by atoms with Gasteiger partial charge >= 0.3 is 5.97 Å². The van der Waals surface area contributed by atoms with Gasteiger partial charge in [-0.3, -0.25) is 4.79 Å². The molecule has 1 aromatic carbocycles. The lowest BCUT2D eigenvalue weighted by atomic mass is 9.93. The number of allylic oxidation sites excluding steroid dienone is 1. The van der Waals surface area contributed by atoms with Gasteiger partial charge in [-0.2, -0.15) is 0 Å². The van der Waals surface area contributed by atoms with Crippen LogP contribution in [0.4, 0.5) is 0 Å². The Labute approximate surface area is 148 Å². The topological polar surface area (TPSA) is 75.6 Å². The molecule has 1 fully saturated rings. The Morgan fingerprint density at radius 2 is 1.88 bits per heavy atom. The SMILES string of the molecule is CC1(C)N/C(=C/C(=O)C2CCCCCC2)c2cc(C(=O)O)ccc2O1. The number of carbonyl (C=O) groups is 2. The zero-order valence-corrected chi connectivity index (χ0v) is 14.8. The molecule has 1 aliphatic heterocycles. The van der Waals surface area contributed by atoms with Crippen LogP contribution in [-0.2, 0) is 4.79 Å². The first-order valence-corrected chi connectivity index (χ1v) is 8.96. The minimum atomic E-state index is -0.998. The summed E-state index contributed by atoms with van der Waals surface area (Å²) in [4.78, 5) is 24.1. The molecule has 0 bridgehead atoms. The lowest BCUT2D eigenvalue weighted by Crippen LogP contribution is -2.46. The Balaban J connectivity index is 1.95. The number of hydrogen-bond donors (Lipinski definition) is 2. The van der Waals surface area contributed by atoms with E-state index in [1.165, 1.54) is 18.9 Å². The predicted octanol–water partition coefficient (Wildman–Crippen LogP) is 3.98. The summed E-state index contributed by atoms with van der Waals surface area (Å²) in [6, 6.07) is 4.74. The number of carboxylic acids is 1. The van der Waals surface area contributed by atoms with Gasteiger partial charge in [0.05, 0.1) is 11.3 Å². The smallest absolute Gasteiger partial charge is 0.335 e. The summed E-state index contributed by atoms with van der Waals surface area (Å²) >= 11 is 0. The van der Waals surface area contributed by atoms with Crippen LogP contribution >= 0.6 is 0 Å². The maximum atomic E-state index is 12.8. The van der Waals surface area contributed by atoms with E-state index in [1.807, 2.05) is 13.8 Å². The van der Waals surface area contributed by atoms with E-state index in [9.17, 15) is 14.7 Å². The highest BCUT2D eigenvalue weighted by Crippen LogP contribution is 2.35. The molecule has 0 aromatic heterocycles. The first kappa shape index (κ1) is 17.5. The molecule has 1 aromatic rings. The van der Waals surface area contributed by atoms with Crippen LogP contribution in [0.25, 0.3) is 5.70 Å². The van der Waals surface area contributed by atoms with Crippen molar-refractivity contribution in [2.75, 3.05) is 0 Å². The van der Waals surface area contributed by atoms with E-state index in [2.05, 4.69) is 5.32 Å². The number of hydrogen-bond acceptors (Lipinski definition) is 4. The van der Waals surface area contributed by atoms with Gasteiger partial charge in [-0.15, -0.1) is 0 Å². The number of carboxylic acid groups (broad SMARTS) is 1. The van der Waals surface area contributed by atoms with Crippen molar-refractivity contribution in [3.63, 3.8) is 0 Å². The molecule has 5 heteroatoms. The molecular formula is C20H25NO4. The van der Waals surface area contributed by atoms with Crippen molar-refractivity contribution in [2.45, 2.75) is 58.1 Å². The van der Waals surface area contributed by atoms with Crippen molar-refractivity contribution < 1.29 is 19.4 Å². The number of rotatable bonds is 3. The molecule has 0 spiro atoms. The Bertz CT molecular complexity index is 712. The Morgan fingerprint density at radius 3 is 2.52 bits per heavy atom. The second kappa shape index (κ2) is 6.90. The summed E-state index contributed by atoms with van der Waals surface area (Å²) in [5, 5.41) is 12.5. The number of nitrogens with one attached hydrogen (secondary N) is 1. The van der Waals surface area contributed by atoms with Gasteiger partial charge in [-0.25, -0.2) is 4.79 Å². The number of carbonyl (C=O) groups excluding carboxylic acids is 1. The monoisotopic (exact) mass is 343 g/mol. The molecule has 0 unspecified atom stereocenters. The molecule has 1 saturated carbocycles. The molecule has 3 rings (SSSR count). The minimum absolute atomic E-state index is 0.0638. The van der Waals surface area contributed by atoms with Crippen LogP contribution in [0.2, 0.25) is 0 Å². The highest BCUT2D eigenvalue weighted by atomic mass is 16.5. The van der Waals surface area contributed by atoms with Gasteiger partial charge in [0.25, 0.3) is 0 Å². The van der Waals surface area contributed by atoms with Crippen LogP contribution in [0, 0.1) is 5.92 Å². The first-order valence-electron chi connectivity index (χ1n) is 8.96. The maximum absolute atomic E-state index is 12.8. The van der Waals surface area contributed by atoms with Crippen LogP contribution in [0.1, 0.15) is 68.3 Å². The second-order valence-electron chi connectivity index (χ2n) is 7.40. The largest absolute Gasteiger partial charge is 0.478 e. The third kappa shape index (κ3) is 4.03. The number of benzene rings is 1. The molecule has 0 radical (unpaired) electrons. The van der Waals surface area contributed by atoms with Crippen LogP contribution in [0.15, 0.2) is 24.3 Å². The lowest BCUT2D eigenvalue weighted by molar-refractivity contribution is -0.118. The predicted molar refractivity (Wildman–Crippen MR) is 95.4 cm³/mol. The number of ketones is 1. The fraction of sp³-hybridized carbons (Fsp3) is 0.500. The van der Waals surface area contributed by atoms with Crippen molar-refractivity contribution >= 4 is 17.4 Å². The third-order valence-corrected chi connectivity index (χ3v) is 4.86. The molecule has 5 nitrogen and oxygen atoms in total. The third-order valence-electron chi connectivity index (χ3n) is 4.86.